The lowest BCUT2D eigenvalue weighted by Gasteiger charge is -1.96. The van der Waals surface area contributed by atoms with Crippen molar-refractivity contribution in [3.8, 4) is 0 Å². The monoisotopic (exact) mass is 224 g/mol. The maximum absolute atomic E-state index is 10.8. The summed E-state index contributed by atoms with van der Waals surface area (Å²) >= 11 is 5.51. The Balaban J connectivity index is 3.09. The molecule has 0 bridgehead atoms. The average molecular weight is 225 g/mol. The Morgan fingerprint density at radius 3 is 2.00 bits per heavy atom. The lowest BCUT2D eigenvalue weighted by Crippen LogP contribution is -1.90. The molecule has 0 aliphatic carbocycles. The zero-order valence-electron chi connectivity index (χ0n) is 6.00. The Kier molecular flexibility index (Phi) is 2.99. The summed E-state index contributed by atoms with van der Waals surface area (Å²) in [6, 6.07) is 6.12. The maximum Gasteiger partial charge on any atom is 0.261 e. The molecule has 0 N–H and O–H groups in total. The molecule has 0 spiro atoms. The fraction of sp³-hybridized carbons (Fsp3) is 0.143. The number of benzene rings is 1. The highest BCUT2D eigenvalue weighted by Crippen LogP contribution is 2.15. The van der Waals surface area contributed by atoms with Crippen LogP contribution in [0.1, 0.15) is 5.56 Å². The first-order valence-electron chi connectivity index (χ1n) is 3.13. The topological polar surface area (TPSA) is 34.1 Å². The van der Waals surface area contributed by atoms with Crippen molar-refractivity contribution in [2.45, 2.75) is 10.8 Å². The molecule has 12 heavy (non-hydrogen) atoms. The minimum absolute atomic E-state index is 0.0954. The predicted molar refractivity (Wildman–Crippen MR) is 49.0 cm³/mol. The second-order valence-electron chi connectivity index (χ2n) is 2.22. The zero-order valence-corrected chi connectivity index (χ0v) is 8.33. The molecule has 0 heterocycles. The molecule has 0 amide bonds. The quantitative estimate of drug-likeness (QED) is 0.571. The van der Waals surface area contributed by atoms with E-state index in [0.717, 1.165) is 5.56 Å². The van der Waals surface area contributed by atoms with Gasteiger partial charge in [-0.15, -0.1) is 11.6 Å². The molecule has 0 saturated carbocycles. The van der Waals surface area contributed by atoms with Gasteiger partial charge in [0.1, 0.15) is 0 Å². The first kappa shape index (κ1) is 9.84. The predicted octanol–water partition coefficient (Wildman–Crippen LogP) is 2.35. The highest BCUT2D eigenvalue weighted by Gasteiger charge is 2.08. The van der Waals surface area contributed by atoms with E-state index in [1.807, 2.05) is 0 Å². The van der Waals surface area contributed by atoms with E-state index in [4.69, 9.17) is 22.3 Å². The third-order valence-corrected chi connectivity index (χ3v) is 3.04. The molecule has 0 saturated heterocycles. The van der Waals surface area contributed by atoms with Crippen molar-refractivity contribution >= 4 is 31.3 Å². The maximum atomic E-state index is 10.8. The fourth-order valence-electron chi connectivity index (χ4n) is 0.741. The Hall–Kier alpha value is -0.250. The van der Waals surface area contributed by atoms with E-state index in [1.54, 1.807) is 12.1 Å². The molecule has 1 aromatic rings. The minimum atomic E-state index is -3.60. The smallest absolute Gasteiger partial charge is 0.207 e. The van der Waals surface area contributed by atoms with Gasteiger partial charge in [-0.25, -0.2) is 8.42 Å². The Bertz CT molecular complexity index is 355. The largest absolute Gasteiger partial charge is 0.261 e. The van der Waals surface area contributed by atoms with Gasteiger partial charge in [-0.05, 0) is 17.7 Å². The summed E-state index contributed by atoms with van der Waals surface area (Å²) < 4.78 is 21.5. The molecule has 2 nitrogen and oxygen atoms in total. The molecule has 0 atom stereocenters. The van der Waals surface area contributed by atoms with Gasteiger partial charge in [-0.2, -0.15) is 0 Å². The number of hydrogen-bond acceptors (Lipinski definition) is 2. The average Bonchev–Trinajstić information content (AvgIpc) is 2.03. The van der Waals surface area contributed by atoms with Gasteiger partial charge in [0.05, 0.1) is 4.90 Å². The first-order valence-corrected chi connectivity index (χ1v) is 5.98. The van der Waals surface area contributed by atoms with E-state index in [9.17, 15) is 8.42 Å². The molecular weight excluding hydrogens is 219 g/mol. The van der Waals surface area contributed by atoms with E-state index < -0.39 is 9.05 Å². The van der Waals surface area contributed by atoms with Crippen molar-refractivity contribution in [2.24, 2.45) is 0 Å². The standard InChI is InChI=1S/C7H6Cl2O2S/c8-5-6-1-3-7(4-2-6)12(9,10)11/h1-4H,5H2. The van der Waals surface area contributed by atoms with E-state index in [0.29, 0.717) is 5.88 Å². The van der Waals surface area contributed by atoms with Gasteiger partial charge in [0.25, 0.3) is 9.05 Å². The van der Waals surface area contributed by atoms with E-state index in [2.05, 4.69) is 0 Å². The molecule has 0 fully saturated rings. The van der Waals surface area contributed by atoms with Crippen LogP contribution in [0.4, 0.5) is 0 Å². The molecule has 1 rings (SSSR count). The van der Waals surface area contributed by atoms with Crippen LogP contribution in [0.15, 0.2) is 29.2 Å². The van der Waals surface area contributed by atoms with Crippen LogP contribution < -0.4 is 0 Å². The van der Waals surface area contributed by atoms with Gasteiger partial charge < -0.3 is 0 Å². The van der Waals surface area contributed by atoms with Crippen LogP contribution in [-0.2, 0) is 14.9 Å². The minimum Gasteiger partial charge on any atom is -0.207 e. The van der Waals surface area contributed by atoms with Crippen LogP contribution in [-0.4, -0.2) is 8.42 Å². The number of hydrogen-bond donors (Lipinski definition) is 0. The second kappa shape index (κ2) is 3.64. The molecule has 1 aromatic carbocycles. The van der Waals surface area contributed by atoms with E-state index in [-0.39, 0.29) is 4.90 Å². The van der Waals surface area contributed by atoms with Gasteiger partial charge >= 0.3 is 0 Å². The summed E-state index contributed by atoms with van der Waals surface area (Å²) in [4.78, 5) is 0.0954. The van der Waals surface area contributed by atoms with Gasteiger partial charge in [0.2, 0.25) is 0 Å². The molecule has 0 aliphatic rings. The fourth-order valence-corrected chi connectivity index (χ4v) is 1.69. The van der Waals surface area contributed by atoms with E-state index >= 15 is 0 Å². The molecule has 66 valence electrons. The SMILES string of the molecule is O=S(=O)(Cl)c1ccc(CCl)cc1. The number of rotatable bonds is 2. The third kappa shape index (κ3) is 2.37. The molecule has 0 unspecified atom stereocenters. The summed E-state index contributed by atoms with van der Waals surface area (Å²) in [5.74, 6) is 0.364. The van der Waals surface area contributed by atoms with Crippen molar-refractivity contribution in [3.63, 3.8) is 0 Å². The van der Waals surface area contributed by atoms with Crippen molar-refractivity contribution in [3.05, 3.63) is 29.8 Å². The van der Waals surface area contributed by atoms with Crippen LogP contribution >= 0.6 is 22.3 Å². The normalized spacial score (nSPS) is 11.5. The van der Waals surface area contributed by atoms with Crippen molar-refractivity contribution in [1.29, 1.82) is 0 Å². The molecule has 0 aromatic heterocycles. The van der Waals surface area contributed by atoms with Crippen LogP contribution in [0.5, 0.6) is 0 Å². The van der Waals surface area contributed by atoms with Crippen molar-refractivity contribution < 1.29 is 8.42 Å². The Labute approximate surface area is 80.5 Å². The third-order valence-electron chi connectivity index (χ3n) is 1.36. The zero-order chi connectivity index (χ0) is 9.19. The molecule has 0 radical (unpaired) electrons. The van der Waals surface area contributed by atoms with Crippen LogP contribution in [0.25, 0.3) is 0 Å². The van der Waals surface area contributed by atoms with Gasteiger partial charge in [-0.1, -0.05) is 12.1 Å². The first-order chi connectivity index (χ1) is 5.54. The summed E-state index contributed by atoms with van der Waals surface area (Å²) in [7, 11) is 1.49. The molecular formula is C7H6Cl2O2S. The highest BCUT2D eigenvalue weighted by atomic mass is 35.7. The number of alkyl halides is 1. The highest BCUT2D eigenvalue weighted by molar-refractivity contribution is 8.13. The molecule has 0 aliphatic heterocycles. The molecule has 5 heteroatoms. The van der Waals surface area contributed by atoms with Crippen LogP contribution in [0, 0.1) is 0 Å². The summed E-state index contributed by atoms with van der Waals surface area (Å²) in [5, 5.41) is 0. The summed E-state index contributed by atoms with van der Waals surface area (Å²) in [5.41, 5.74) is 0.862. The Morgan fingerprint density at radius 1 is 1.17 bits per heavy atom. The van der Waals surface area contributed by atoms with Crippen LogP contribution in [0.2, 0.25) is 0 Å². The van der Waals surface area contributed by atoms with E-state index in [1.165, 1.54) is 12.1 Å². The summed E-state index contributed by atoms with van der Waals surface area (Å²) in [6.45, 7) is 0. The summed E-state index contributed by atoms with van der Waals surface area (Å²) in [6.07, 6.45) is 0. The van der Waals surface area contributed by atoms with Gasteiger partial charge in [-0.3, -0.25) is 0 Å². The second-order valence-corrected chi connectivity index (χ2v) is 5.05. The lowest BCUT2D eigenvalue weighted by atomic mass is 10.2. The van der Waals surface area contributed by atoms with Gasteiger partial charge in [0, 0.05) is 16.6 Å². The van der Waals surface area contributed by atoms with Crippen LogP contribution in [0.3, 0.4) is 0 Å². The van der Waals surface area contributed by atoms with Crippen molar-refractivity contribution in [2.75, 3.05) is 0 Å². The lowest BCUT2D eigenvalue weighted by molar-refractivity contribution is 0.609. The van der Waals surface area contributed by atoms with Crippen molar-refractivity contribution in [1.82, 2.24) is 0 Å². The Morgan fingerprint density at radius 2 is 1.67 bits per heavy atom. The number of halogens is 2. The van der Waals surface area contributed by atoms with Gasteiger partial charge in [0.15, 0.2) is 0 Å².